The van der Waals surface area contributed by atoms with Crippen LogP contribution in [0.3, 0.4) is 0 Å². The molecule has 2 aromatic carbocycles. The number of alkyl halides is 3. The van der Waals surface area contributed by atoms with Crippen LogP contribution in [-0.2, 0) is 11.2 Å². The lowest BCUT2D eigenvalue weighted by Gasteiger charge is -2.12. The van der Waals surface area contributed by atoms with Crippen molar-refractivity contribution in [2.75, 3.05) is 11.9 Å². The van der Waals surface area contributed by atoms with Gasteiger partial charge >= 0.3 is 6.18 Å². The Hall–Kier alpha value is -3.03. The molecule has 2 aromatic rings. The van der Waals surface area contributed by atoms with Crippen molar-refractivity contribution in [1.82, 2.24) is 5.32 Å². The van der Waals surface area contributed by atoms with E-state index < -0.39 is 30.6 Å². The third-order valence-corrected chi connectivity index (χ3v) is 3.78. The van der Waals surface area contributed by atoms with Gasteiger partial charge in [-0.1, -0.05) is 24.3 Å². The molecule has 1 aliphatic rings. The van der Waals surface area contributed by atoms with Gasteiger partial charge in [-0.2, -0.15) is 13.2 Å². The Kier molecular flexibility index (Phi) is 4.83. The quantitative estimate of drug-likeness (QED) is 0.877. The molecule has 0 aliphatic carbocycles. The van der Waals surface area contributed by atoms with Gasteiger partial charge in [0.05, 0.1) is 0 Å². The van der Waals surface area contributed by atoms with Crippen molar-refractivity contribution in [3.63, 3.8) is 0 Å². The zero-order valence-corrected chi connectivity index (χ0v) is 13.5. The van der Waals surface area contributed by atoms with Crippen molar-refractivity contribution in [1.29, 1.82) is 0 Å². The predicted molar refractivity (Wildman–Crippen MR) is 88.0 cm³/mol. The molecular weight excluding hydrogens is 349 g/mol. The molecule has 136 valence electrons. The first-order valence-corrected chi connectivity index (χ1v) is 7.82. The number of para-hydroxylation sites is 1. The van der Waals surface area contributed by atoms with Crippen molar-refractivity contribution in [2.24, 2.45) is 0 Å². The number of hydrogen-bond donors (Lipinski definition) is 2. The van der Waals surface area contributed by atoms with E-state index in [1.807, 2.05) is 18.2 Å². The molecule has 26 heavy (non-hydrogen) atoms. The molecule has 0 saturated carbocycles. The average Bonchev–Trinajstić information content (AvgIpc) is 3.03. The van der Waals surface area contributed by atoms with Crippen LogP contribution in [-0.4, -0.2) is 30.6 Å². The number of fused-ring (bicyclic) bond motifs is 1. The average molecular weight is 364 g/mol. The van der Waals surface area contributed by atoms with Gasteiger partial charge in [0.15, 0.2) is 6.10 Å². The lowest BCUT2D eigenvalue weighted by Crippen LogP contribution is -2.34. The van der Waals surface area contributed by atoms with Crippen LogP contribution in [0.2, 0.25) is 0 Å². The van der Waals surface area contributed by atoms with E-state index in [-0.39, 0.29) is 5.56 Å². The van der Waals surface area contributed by atoms with Crippen molar-refractivity contribution in [3.8, 4) is 5.75 Å². The molecule has 0 saturated heterocycles. The van der Waals surface area contributed by atoms with E-state index in [1.54, 1.807) is 17.4 Å². The maximum absolute atomic E-state index is 12.3. The van der Waals surface area contributed by atoms with Crippen molar-refractivity contribution in [3.05, 3.63) is 59.7 Å². The molecule has 0 fully saturated rings. The minimum Gasteiger partial charge on any atom is -0.480 e. The van der Waals surface area contributed by atoms with Gasteiger partial charge in [0, 0.05) is 17.7 Å². The maximum atomic E-state index is 12.3. The second-order valence-corrected chi connectivity index (χ2v) is 5.79. The normalized spacial score (nSPS) is 15.7. The number of hydrogen-bond acceptors (Lipinski definition) is 3. The number of ether oxygens (including phenoxy) is 1. The van der Waals surface area contributed by atoms with Gasteiger partial charge in [-0.25, -0.2) is 0 Å². The summed E-state index contributed by atoms with van der Waals surface area (Å²) in [6.45, 7) is -1.42. The molecule has 0 bridgehead atoms. The largest absolute Gasteiger partial charge is 0.480 e. The summed E-state index contributed by atoms with van der Waals surface area (Å²) < 4.78 is 42.1. The third kappa shape index (κ3) is 4.33. The number of benzene rings is 2. The van der Waals surface area contributed by atoms with E-state index in [1.165, 1.54) is 18.2 Å². The van der Waals surface area contributed by atoms with E-state index >= 15 is 0 Å². The lowest BCUT2D eigenvalue weighted by molar-refractivity contribution is -0.123. The Morgan fingerprint density at radius 1 is 1.12 bits per heavy atom. The van der Waals surface area contributed by atoms with Gasteiger partial charge in [0.25, 0.3) is 11.8 Å². The summed E-state index contributed by atoms with van der Waals surface area (Å²) in [6.07, 6.45) is -4.76. The van der Waals surface area contributed by atoms with Crippen molar-refractivity contribution in [2.45, 2.75) is 18.7 Å². The van der Waals surface area contributed by atoms with Crippen molar-refractivity contribution >= 4 is 17.5 Å². The summed E-state index contributed by atoms with van der Waals surface area (Å²) >= 11 is 0. The number of rotatable bonds is 4. The topological polar surface area (TPSA) is 67.4 Å². The summed E-state index contributed by atoms with van der Waals surface area (Å²) in [5, 5.41) is 4.41. The molecule has 2 amide bonds. The number of amides is 2. The van der Waals surface area contributed by atoms with E-state index in [2.05, 4.69) is 5.32 Å². The Labute approximate surface area is 147 Å². The van der Waals surface area contributed by atoms with Crippen LogP contribution in [0.15, 0.2) is 48.5 Å². The lowest BCUT2D eigenvalue weighted by atomic mass is 10.1. The number of carbonyl (C=O) groups excluding carboxylic acids is 2. The fourth-order valence-corrected chi connectivity index (χ4v) is 2.57. The van der Waals surface area contributed by atoms with Gasteiger partial charge in [-0.15, -0.1) is 0 Å². The Balaban J connectivity index is 1.62. The van der Waals surface area contributed by atoms with Gasteiger partial charge < -0.3 is 15.4 Å². The SMILES string of the molecule is O=C(NCC(F)(F)F)c1cccc(NC(=O)C2Cc3ccccc3O2)c1. The van der Waals surface area contributed by atoms with Crippen LogP contribution in [0.1, 0.15) is 15.9 Å². The van der Waals surface area contributed by atoms with E-state index in [0.29, 0.717) is 17.9 Å². The molecule has 1 aliphatic heterocycles. The molecule has 3 rings (SSSR count). The molecule has 8 heteroatoms. The second kappa shape index (κ2) is 7.07. The summed E-state index contributed by atoms with van der Waals surface area (Å²) in [5.74, 6) is -0.620. The van der Waals surface area contributed by atoms with Crippen molar-refractivity contribution < 1.29 is 27.5 Å². The maximum Gasteiger partial charge on any atom is 0.405 e. The smallest absolute Gasteiger partial charge is 0.405 e. The first kappa shape index (κ1) is 17.8. The minimum atomic E-state index is -4.49. The Bertz CT molecular complexity index is 811. The molecule has 0 spiro atoms. The molecule has 0 aromatic heterocycles. The molecular formula is C18H15F3N2O3. The minimum absolute atomic E-state index is 0.0164. The Morgan fingerprint density at radius 3 is 2.62 bits per heavy atom. The van der Waals surface area contributed by atoms with Crippen LogP contribution < -0.4 is 15.4 Å². The number of nitrogens with one attached hydrogen (secondary N) is 2. The Morgan fingerprint density at radius 2 is 1.88 bits per heavy atom. The molecule has 5 nitrogen and oxygen atoms in total. The van der Waals surface area contributed by atoms with Gasteiger partial charge in [-0.3, -0.25) is 9.59 Å². The van der Waals surface area contributed by atoms with Crippen LogP contribution >= 0.6 is 0 Å². The number of halogens is 3. The first-order chi connectivity index (χ1) is 12.3. The van der Waals surface area contributed by atoms with E-state index in [9.17, 15) is 22.8 Å². The van der Waals surface area contributed by atoms with E-state index in [0.717, 1.165) is 5.56 Å². The summed E-state index contributed by atoms with van der Waals surface area (Å²) in [7, 11) is 0. The number of anilines is 1. The van der Waals surface area contributed by atoms with E-state index in [4.69, 9.17) is 4.74 Å². The predicted octanol–water partition coefficient (Wildman–Crippen LogP) is 2.92. The molecule has 1 atom stereocenters. The molecule has 0 radical (unpaired) electrons. The standard InChI is InChI=1S/C18H15F3N2O3/c19-18(20,21)10-22-16(24)12-5-3-6-13(8-12)23-17(25)15-9-11-4-1-2-7-14(11)26-15/h1-8,15H,9-10H2,(H,22,24)(H,23,25). The fraction of sp³-hybridized carbons (Fsp3) is 0.222. The highest BCUT2D eigenvalue weighted by atomic mass is 19.4. The second-order valence-electron chi connectivity index (χ2n) is 5.79. The van der Waals surface area contributed by atoms with Gasteiger partial charge in [0.2, 0.25) is 0 Å². The summed E-state index contributed by atoms with van der Waals surface area (Å²) in [5.41, 5.74) is 1.24. The highest BCUT2D eigenvalue weighted by molar-refractivity contribution is 5.98. The van der Waals surface area contributed by atoms with Crippen LogP contribution in [0, 0.1) is 0 Å². The number of carbonyl (C=O) groups is 2. The highest BCUT2D eigenvalue weighted by Crippen LogP contribution is 2.28. The van der Waals surface area contributed by atoms with Crippen LogP contribution in [0.5, 0.6) is 5.75 Å². The zero-order valence-electron chi connectivity index (χ0n) is 13.5. The highest BCUT2D eigenvalue weighted by Gasteiger charge is 2.29. The molecule has 1 heterocycles. The molecule has 1 unspecified atom stereocenters. The van der Waals surface area contributed by atoms with Gasteiger partial charge in [-0.05, 0) is 29.8 Å². The summed E-state index contributed by atoms with van der Waals surface area (Å²) in [4.78, 5) is 24.1. The zero-order chi connectivity index (χ0) is 18.7. The first-order valence-electron chi connectivity index (χ1n) is 7.82. The summed E-state index contributed by atoms with van der Waals surface area (Å²) in [6, 6.07) is 13.0. The van der Waals surface area contributed by atoms with Crippen LogP contribution in [0.4, 0.5) is 18.9 Å². The third-order valence-electron chi connectivity index (χ3n) is 3.78. The van der Waals surface area contributed by atoms with Crippen LogP contribution in [0.25, 0.3) is 0 Å². The fourth-order valence-electron chi connectivity index (χ4n) is 2.57. The van der Waals surface area contributed by atoms with Gasteiger partial charge in [0.1, 0.15) is 12.3 Å². The molecule has 2 N–H and O–H groups in total. The monoisotopic (exact) mass is 364 g/mol.